The molecule has 0 aliphatic heterocycles. The van der Waals surface area contributed by atoms with Gasteiger partial charge in [-0.25, -0.2) is 14.6 Å². The van der Waals surface area contributed by atoms with Crippen molar-refractivity contribution < 1.29 is 13.6 Å². The molecule has 0 bridgehead atoms. The zero-order valence-electron chi connectivity index (χ0n) is 8.67. The normalized spacial score (nSPS) is 12.2. The fourth-order valence-corrected chi connectivity index (χ4v) is 2.14. The van der Waals surface area contributed by atoms with E-state index in [0.29, 0.717) is 4.90 Å². The summed E-state index contributed by atoms with van der Waals surface area (Å²) in [7, 11) is 0. The van der Waals surface area contributed by atoms with Gasteiger partial charge in [-0.3, -0.25) is 10.2 Å². The zero-order chi connectivity index (χ0) is 12.1. The van der Waals surface area contributed by atoms with Crippen molar-refractivity contribution in [3.8, 4) is 0 Å². The summed E-state index contributed by atoms with van der Waals surface area (Å²) in [5.41, 5.74) is 2.00. The summed E-state index contributed by atoms with van der Waals surface area (Å²) in [5, 5.41) is -0.136. The number of hydrazine groups is 1. The Morgan fingerprint density at radius 1 is 1.56 bits per heavy atom. The van der Waals surface area contributed by atoms with Crippen LogP contribution in [0.25, 0.3) is 0 Å². The molecule has 3 N–H and O–H groups in total. The van der Waals surface area contributed by atoms with Crippen LogP contribution in [0.1, 0.15) is 13.3 Å². The molecule has 0 aromatic heterocycles. The van der Waals surface area contributed by atoms with Crippen LogP contribution in [0.2, 0.25) is 0 Å². The molecule has 1 rings (SSSR count). The summed E-state index contributed by atoms with van der Waals surface area (Å²) in [6.07, 6.45) is 0.179. The van der Waals surface area contributed by atoms with Gasteiger partial charge in [0, 0.05) is 22.6 Å². The van der Waals surface area contributed by atoms with Crippen LogP contribution in [0, 0.1) is 11.6 Å². The maximum Gasteiger partial charge on any atom is 0.234 e. The highest BCUT2D eigenvalue weighted by atomic mass is 32.2. The van der Waals surface area contributed by atoms with Gasteiger partial charge in [0.05, 0.1) is 0 Å². The van der Waals surface area contributed by atoms with Gasteiger partial charge in [0.25, 0.3) is 0 Å². The number of thioether (sulfide) groups is 1. The van der Waals surface area contributed by atoms with Gasteiger partial charge in [-0.05, 0) is 12.1 Å². The molecule has 1 amide bonds. The van der Waals surface area contributed by atoms with E-state index in [1.54, 1.807) is 6.92 Å². The molecule has 0 saturated heterocycles. The molecule has 88 valence electrons. The average molecular weight is 246 g/mol. The van der Waals surface area contributed by atoms with E-state index >= 15 is 0 Å². The number of nitrogens with one attached hydrogen (secondary N) is 1. The van der Waals surface area contributed by atoms with Gasteiger partial charge in [0.1, 0.15) is 11.6 Å². The molecular weight excluding hydrogens is 234 g/mol. The van der Waals surface area contributed by atoms with Crippen molar-refractivity contribution >= 4 is 17.7 Å². The molecule has 1 atom stereocenters. The van der Waals surface area contributed by atoms with Crippen molar-refractivity contribution in [2.24, 2.45) is 5.84 Å². The van der Waals surface area contributed by atoms with Crippen LogP contribution in [-0.4, -0.2) is 11.2 Å². The summed E-state index contributed by atoms with van der Waals surface area (Å²) < 4.78 is 25.9. The lowest BCUT2D eigenvalue weighted by Gasteiger charge is -2.10. The maximum absolute atomic E-state index is 13.2. The molecule has 3 nitrogen and oxygen atoms in total. The van der Waals surface area contributed by atoms with Crippen molar-refractivity contribution in [1.82, 2.24) is 5.43 Å². The van der Waals surface area contributed by atoms with E-state index in [2.05, 4.69) is 0 Å². The van der Waals surface area contributed by atoms with Crippen molar-refractivity contribution in [2.45, 2.75) is 23.5 Å². The standard InChI is InChI=1S/C10H12F2N2OS/c1-6(4-10(15)14-13)16-9-3-2-7(11)5-8(9)12/h2-3,5-6H,4,13H2,1H3,(H,14,15). The highest BCUT2D eigenvalue weighted by Crippen LogP contribution is 2.27. The molecule has 0 aliphatic carbocycles. The van der Waals surface area contributed by atoms with Crippen LogP contribution in [0.5, 0.6) is 0 Å². The van der Waals surface area contributed by atoms with E-state index in [4.69, 9.17) is 5.84 Å². The lowest BCUT2D eigenvalue weighted by molar-refractivity contribution is -0.121. The summed E-state index contributed by atoms with van der Waals surface area (Å²) in [5.74, 6) is 3.38. The van der Waals surface area contributed by atoms with Crippen LogP contribution < -0.4 is 11.3 Å². The predicted octanol–water partition coefficient (Wildman–Crippen LogP) is 1.83. The number of carbonyl (C=O) groups excluding carboxylic acids is 1. The van der Waals surface area contributed by atoms with Gasteiger partial charge < -0.3 is 0 Å². The third kappa shape index (κ3) is 3.79. The van der Waals surface area contributed by atoms with Crippen LogP contribution >= 0.6 is 11.8 Å². The third-order valence-electron chi connectivity index (χ3n) is 1.86. The lowest BCUT2D eigenvalue weighted by Crippen LogP contribution is -2.31. The fourth-order valence-electron chi connectivity index (χ4n) is 1.15. The van der Waals surface area contributed by atoms with E-state index in [1.807, 2.05) is 5.43 Å². The van der Waals surface area contributed by atoms with E-state index in [1.165, 1.54) is 12.1 Å². The van der Waals surface area contributed by atoms with Gasteiger partial charge in [0.2, 0.25) is 5.91 Å². The molecule has 1 aromatic rings. The van der Waals surface area contributed by atoms with E-state index in [-0.39, 0.29) is 17.6 Å². The Labute approximate surface area is 96.4 Å². The summed E-state index contributed by atoms with van der Waals surface area (Å²) >= 11 is 1.16. The summed E-state index contributed by atoms with van der Waals surface area (Å²) in [6.45, 7) is 1.77. The van der Waals surface area contributed by atoms with Crippen LogP contribution in [0.4, 0.5) is 8.78 Å². The number of rotatable bonds is 4. The first-order chi connectivity index (χ1) is 7.52. The zero-order valence-corrected chi connectivity index (χ0v) is 9.48. The maximum atomic E-state index is 13.2. The highest BCUT2D eigenvalue weighted by molar-refractivity contribution is 8.00. The van der Waals surface area contributed by atoms with Crippen molar-refractivity contribution in [2.75, 3.05) is 0 Å². The van der Waals surface area contributed by atoms with Crippen LogP contribution in [0.15, 0.2) is 23.1 Å². The number of hydrogen-bond acceptors (Lipinski definition) is 3. The molecule has 1 aromatic carbocycles. The Hall–Kier alpha value is -1.14. The monoisotopic (exact) mass is 246 g/mol. The second-order valence-corrected chi connectivity index (χ2v) is 4.76. The predicted molar refractivity (Wildman–Crippen MR) is 58.6 cm³/mol. The third-order valence-corrected chi connectivity index (χ3v) is 3.01. The Morgan fingerprint density at radius 2 is 2.25 bits per heavy atom. The minimum absolute atomic E-state index is 0.136. The number of benzene rings is 1. The SMILES string of the molecule is CC(CC(=O)NN)Sc1ccc(F)cc1F. The number of halogens is 2. The molecule has 0 heterocycles. The van der Waals surface area contributed by atoms with E-state index in [0.717, 1.165) is 17.8 Å². The molecule has 16 heavy (non-hydrogen) atoms. The Balaban J connectivity index is 2.62. The quantitative estimate of drug-likeness (QED) is 0.369. The van der Waals surface area contributed by atoms with Gasteiger partial charge in [-0.1, -0.05) is 6.92 Å². The van der Waals surface area contributed by atoms with Gasteiger partial charge >= 0.3 is 0 Å². The Kier molecular flexibility index (Phi) is 4.70. The first-order valence-electron chi connectivity index (χ1n) is 4.64. The highest BCUT2D eigenvalue weighted by Gasteiger charge is 2.12. The summed E-state index contributed by atoms with van der Waals surface area (Å²) in [4.78, 5) is 11.3. The lowest BCUT2D eigenvalue weighted by atomic mass is 10.3. The number of carbonyl (C=O) groups is 1. The molecule has 0 saturated carbocycles. The number of amides is 1. The molecule has 0 fully saturated rings. The first-order valence-corrected chi connectivity index (χ1v) is 5.52. The number of nitrogens with two attached hydrogens (primary N) is 1. The van der Waals surface area contributed by atoms with Crippen molar-refractivity contribution in [3.63, 3.8) is 0 Å². The molecule has 6 heteroatoms. The fraction of sp³-hybridized carbons (Fsp3) is 0.300. The molecule has 1 unspecified atom stereocenters. The Bertz CT molecular complexity index is 387. The molecular formula is C10H12F2N2OS. The van der Waals surface area contributed by atoms with E-state index < -0.39 is 11.6 Å². The molecule has 0 radical (unpaired) electrons. The largest absolute Gasteiger partial charge is 0.294 e. The van der Waals surface area contributed by atoms with Crippen LogP contribution in [-0.2, 0) is 4.79 Å². The van der Waals surface area contributed by atoms with Crippen LogP contribution in [0.3, 0.4) is 0 Å². The Morgan fingerprint density at radius 3 is 2.81 bits per heavy atom. The minimum Gasteiger partial charge on any atom is -0.294 e. The molecule has 0 aliphatic rings. The minimum atomic E-state index is -0.620. The second kappa shape index (κ2) is 5.81. The first kappa shape index (κ1) is 12.9. The smallest absolute Gasteiger partial charge is 0.234 e. The van der Waals surface area contributed by atoms with E-state index in [9.17, 15) is 13.6 Å². The van der Waals surface area contributed by atoms with Gasteiger partial charge in [0.15, 0.2) is 0 Å². The van der Waals surface area contributed by atoms with Crippen molar-refractivity contribution in [1.29, 1.82) is 0 Å². The molecule has 0 spiro atoms. The van der Waals surface area contributed by atoms with Gasteiger partial charge in [-0.2, -0.15) is 0 Å². The van der Waals surface area contributed by atoms with Gasteiger partial charge in [-0.15, -0.1) is 11.8 Å². The number of hydrogen-bond donors (Lipinski definition) is 2. The second-order valence-electron chi connectivity index (χ2n) is 3.27. The average Bonchev–Trinajstić information content (AvgIpc) is 2.22. The van der Waals surface area contributed by atoms with Crippen molar-refractivity contribution in [3.05, 3.63) is 29.8 Å². The topological polar surface area (TPSA) is 55.1 Å². The summed E-state index contributed by atoms with van der Waals surface area (Å²) in [6, 6.07) is 3.35.